The smallest absolute Gasteiger partial charge is 0.434 e. The van der Waals surface area contributed by atoms with Gasteiger partial charge in [0.15, 0.2) is 5.69 Å². The Morgan fingerprint density at radius 3 is 2.82 bits per heavy atom. The summed E-state index contributed by atoms with van der Waals surface area (Å²) in [4.78, 5) is 26.2. The Morgan fingerprint density at radius 1 is 1.53 bits per heavy atom. The second kappa shape index (κ2) is 7.99. The summed E-state index contributed by atoms with van der Waals surface area (Å²) in [5.41, 5.74) is 0.114. The van der Waals surface area contributed by atoms with E-state index in [0.717, 1.165) is 5.01 Å². The van der Waals surface area contributed by atoms with Crippen LogP contribution in [0.15, 0.2) is 5.38 Å². The number of thiazole rings is 1. The molecule has 0 amide bonds. The normalized spacial score (nSPS) is 9.29. The van der Waals surface area contributed by atoms with E-state index >= 15 is 0 Å². The predicted octanol–water partition coefficient (Wildman–Crippen LogP) is 1.60. The fraction of sp³-hybridized carbons (Fsp3) is 0.444. The summed E-state index contributed by atoms with van der Waals surface area (Å²) >= 11 is 1.32. The van der Waals surface area contributed by atoms with E-state index in [0.29, 0.717) is 6.54 Å². The van der Waals surface area contributed by atoms with Crippen LogP contribution in [0, 0.1) is 0 Å². The molecule has 17 heavy (non-hydrogen) atoms. The first-order valence-electron chi connectivity index (χ1n) is 4.65. The average molecular weight is 281 g/mol. The lowest BCUT2D eigenvalue weighted by atomic mass is 10.5. The molecular weight excluding hydrogens is 268 g/mol. The van der Waals surface area contributed by atoms with Gasteiger partial charge in [-0.25, -0.2) is 14.6 Å². The molecule has 0 bridgehead atoms. The minimum atomic E-state index is -1.00. The van der Waals surface area contributed by atoms with Crippen LogP contribution < -0.4 is 5.32 Å². The third-order valence-corrected chi connectivity index (χ3v) is 2.38. The van der Waals surface area contributed by atoms with Gasteiger partial charge in [0.05, 0.1) is 6.61 Å². The lowest BCUT2D eigenvalue weighted by Crippen LogP contribution is -2.14. The zero-order chi connectivity index (χ0) is 12.0. The van der Waals surface area contributed by atoms with Crippen LogP contribution in [0.3, 0.4) is 0 Å². The van der Waals surface area contributed by atoms with E-state index in [1.165, 1.54) is 16.7 Å². The van der Waals surface area contributed by atoms with Crippen LogP contribution in [0.1, 0.15) is 22.4 Å². The Morgan fingerprint density at radius 2 is 2.24 bits per heavy atom. The van der Waals surface area contributed by atoms with Crippen LogP contribution >= 0.6 is 23.7 Å². The zero-order valence-electron chi connectivity index (χ0n) is 9.39. The van der Waals surface area contributed by atoms with Gasteiger partial charge in [-0.2, -0.15) is 0 Å². The van der Waals surface area contributed by atoms with Gasteiger partial charge in [-0.05, 0) is 14.0 Å². The average Bonchev–Trinajstić information content (AvgIpc) is 2.67. The molecule has 96 valence electrons. The molecular formula is C9H13ClN2O4S. The third kappa shape index (κ3) is 5.12. The van der Waals surface area contributed by atoms with Crippen molar-refractivity contribution in [3.8, 4) is 0 Å². The predicted molar refractivity (Wildman–Crippen MR) is 64.6 cm³/mol. The van der Waals surface area contributed by atoms with Gasteiger partial charge in [-0.1, -0.05) is 0 Å². The van der Waals surface area contributed by atoms with Crippen molar-refractivity contribution in [2.75, 3.05) is 13.7 Å². The molecule has 6 nitrogen and oxygen atoms in total. The van der Waals surface area contributed by atoms with Gasteiger partial charge in [-0.15, -0.1) is 23.7 Å². The maximum absolute atomic E-state index is 11.3. The van der Waals surface area contributed by atoms with E-state index < -0.39 is 12.1 Å². The topological polar surface area (TPSA) is 77.5 Å². The Bertz CT molecular complexity index is 383. The molecule has 1 aromatic heterocycles. The van der Waals surface area contributed by atoms with Crippen molar-refractivity contribution in [1.82, 2.24) is 10.3 Å². The SMILES string of the molecule is CCOC(=O)OC(=O)c1csc(CNC)n1.Cl. The summed E-state index contributed by atoms with van der Waals surface area (Å²) in [6.45, 7) is 2.35. The highest BCUT2D eigenvalue weighted by atomic mass is 35.5. The molecule has 1 rings (SSSR count). The first kappa shape index (κ1) is 15.8. The van der Waals surface area contributed by atoms with Crippen molar-refractivity contribution in [1.29, 1.82) is 0 Å². The molecule has 0 spiro atoms. The summed E-state index contributed by atoms with van der Waals surface area (Å²) in [7, 11) is 1.78. The highest BCUT2D eigenvalue weighted by Gasteiger charge is 2.16. The van der Waals surface area contributed by atoms with Crippen molar-refractivity contribution < 1.29 is 19.1 Å². The minimum Gasteiger partial charge on any atom is -0.434 e. The molecule has 0 saturated heterocycles. The zero-order valence-corrected chi connectivity index (χ0v) is 11.0. The van der Waals surface area contributed by atoms with E-state index in [4.69, 9.17) is 0 Å². The standard InChI is InChI=1S/C9H12N2O4S.ClH/c1-3-14-9(13)15-8(12)6-5-16-7(11-6)4-10-2;/h5,10H,3-4H2,1-2H3;1H. The third-order valence-electron chi connectivity index (χ3n) is 1.53. The summed E-state index contributed by atoms with van der Waals surface area (Å²) in [5.74, 6) is -0.794. The lowest BCUT2D eigenvalue weighted by molar-refractivity contribution is 0.0397. The molecule has 0 saturated carbocycles. The molecule has 0 fully saturated rings. The molecule has 0 aliphatic heterocycles. The van der Waals surface area contributed by atoms with E-state index in [1.54, 1.807) is 14.0 Å². The van der Waals surface area contributed by atoms with Crippen molar-refractivity contribution in [2.24, 2.45) is 0 Å². The highest BCUT2D eigenvalue weighted by Crippen LogP contribution is 2.10. The summed E-state index contributed by atoms with van der Waals surface area (Å²) in [5, 5.41) is 5.19. The van der Waals surface area contributed by atoms with Gasteiger partial charge in [0.2, 0.25) is 0 Å². The molecule has 1 aromatic rings. The number of nitrogens with one attached hydrogen (secondary N) is 1. The number of ether oxygens (including phenoxy) is 2. The van der Waals surface area contributed by atoms with Crippen molar-refractivity contribution in [3.05, 3.63) is 16.1 Å². The van der Waals surface area contributed by atoms with Crippen molar-refractivity contribution in [3.63, 3.8) is 0 Å². The Hall–Kier alpha value is -1.18. The fourth-order valence-corrected chi connectivity index (χ4v) is 1.69. The monoisotopic (exact) mass is 280 g/mol. The number of carbonyl (C=O) groups is 2. The maximum atomic E-state index is 11.3. The molecule has 0 aliphatic carbocycles. The minimum absolute atomic E-state index is 0. The van der Waals surface area contributed by atoms with Crippen molar-refractivity contribution >= 4 is 35.9 Å². The molecule has 8 heteroatoms. The quantitative estimate of drug-likeness (QED) is 0.667. The van der Waals surface area contributed by atoms with E-state index in [9.17, 15) is 9.59 Å². The number of esters is 1. The van der Waals surface area contributed by atoms with Crippen LogP contribution in [0.25, 0.3) is 0 Å². The van der Waals surface area contributed by atoms with Crippen LogP contribution in [-0.4, -0.2) is 30.8 Å². The van der Waals surface area contributed by atoms with Gasteiger partial charge in [0, 0.05) is 11.9 Å². The molecule has 0 aliphatic rings. The maximum Gasteiger partial charge on any atom is 0.516 e. The molecule has 0 atom stereocenters. The van der Waals surface area contributed by atoms with Crippen LogP contribution in [-0.2, 0) is 16.0 Å². The lowest BCUT2D eigenvalue weighted by Gasteiger charge is -1.99. The Balaban J connectivity index is 0.00000256. The number of carbonyl (C=O) groups excluding carboxylic acids is 2. The summed E-state index contributed by atoms with van der Waals surface area (Å²) in [6.07, 6.45) is -1.00. The van der Waals surface area contributed by atoms with Crippen molar-refractivity contribution in [2.45, 2.75) is 13.5 Å². The molecule has 0 radical (unpaired) electrons. The highest BCUT2D eigenvalue weighted by molar-refractivity contribution is 7.09. The molecule has 0 unspecified atom stereocenters. The number of nitrogens with zero attached hydrogens (tertiary/aromatic N) is 1. The van der Waals surface area contributed by atoms with Gasteiger partial charge >= 0.3 is 12.1 Å². The van der Waals surface area contributed by atoms with Crippen LogP contribution in [0.5, 0.6) is 0 Å². The van der Waals surface area contributed by atoms with Crippen LogP contribution in [0.4, 0.5) is 4.79 Å². The van der Waals surface area contributed by atoms with Gasteiger partial charge < -0.3 is 14.8 Å². The van der Waals surface area contributed by atoms with E-state index in [1.807, 2.05) is 0 Å². The first-order valence-corrected chi connectivity index (χ1v) is 5.53. The first-order chi connectivity index (χ1) is 7.67. The fourth-order valence-electron chi connectivity index (χ4n) is 0.912. The van der Waals surface area contributed by atoms with Gasteiger partial charge in [0.25, 0.3) is 0 Å². The van der Waals surface area contributed by atoms with E-state index in [-0.39, 0.29) is 24.7 Å². The van der Waals surface area contributed by atoms with Crippen LogP contribution in [0.2, 0.25) is 0 Å². The molecule has 1 N–H and O–H groups in total. The largest absolute Gasteiger partial charge is 0.516 e. The number of aromatic nitrogens is 1. The van der Waals surface area contributed by atoms with E-state index in [2.05, 4.69) is 19.8 Å². The van der Waals surface area contributed by atoms with Gasteiger partial charge in [-0.3, -0.25) is 0 Å². The second-order valence-electron chi connectivity index (χ2n) is 2.73. The molecule has 0 aromatic carbocycles. The molecule has 1 heterocycles. The second-order valence-corrected chi connectivity index (χ2v) is 3.67. The number of rotatable bonds is 4. The Kier molecular flexibility index (Phi) is 7.44. The number of hydrogen-bond donors (Lipinski definition) is 1. The Labute approximate surface area is 109 Å². The summed E-state index contributed by atoms with van der Waals surface area (Å²) in [6, 6.07) is 0. The number of hydrogen-bond acceptors (Lipinski definition) is 7. The van der Waals surface area contributed by atoms with Gasteiger partial charge in [0.1, 0.15) is 5.01 Å². The number of halogens is 1. The summed E-state index contributed by atoms with van der Waals surface area (Å²) < 4.78 is 8.86.